The van der Waals surface area contributed by atoms with E-state index in [0.717, 1.165) is 22.8 Å². The summed E-state index contributed by atoms with van der Waals surface area (Å²) in [4.78, 5) is 9.39. The number of aromatic nitrogens is 2. The first kappa shape index (κ1) is 15.2. The summed E-state index contributed by atoms with van der Waals surface area (Å²) < 4.78 is 2.59. The first-order chi connectivity index (χ1) is 12.8. The molecule has 3 aromatic carbocycles. The fourth-order valence-electron chi connectivity index (χ4n) is 3.41. The van der Waals surface area contributed by atoms with Gasteiger partial charge in [-0.25, -0.2) is 9.97 Å². The zero-order chi connectivity index (χ0) is 17.5. The quantitative estimate of drug-likeness (QED) is 0.363. The molecule has 5 rings (SSSR count). The summed E-state index contributed by atoms with van der Waals surface area (Å²) in [5, 5.41) is 2.60. The van der Waals surface area contributed by atoms with Crippen molar-refractivity contribution in [3.05, 3.63) is 84.7 Å². The van der Waals surface area contributed by atoms with Gasteiger partial charge in [-0.2, -0.15) is 0 Å². The molecule has 3 heteroatoms. The van der Waals surface area contributed by atoms with Crippen molar-refractivity contribution in [2.75, 3.05) is 0 Å². The lowest BCUT2D eigenvalue weighted by molar-refractivity contribution is 1.06. The molecule has 0 aliphatic rings. The fourth-order valence-corrected chi connectivity index (χ4v) is 4.64. The second kappa shape index (κ2) is 6.04. The van der Waals surface area contributed by atoms with Crippen LogP contribution in [-0.4, -0.2) is 9.97 Å². The van der Waals surface area contributed by atoms with Gasteiger partial charge in [-0.05, 0) is 19.1 Å². The monoisotopic (exact) mass is 352 g/mol. The molecule has 0 aliphatic heterocycles. The minimum absolute atomic E-state index is 0.791. The first-order valence-electron chi connectivity index (χ1n) is 8.61. The molecule has 2 nitrogen and oxygen atoms in total. The van der Waals surface area contributed by atoms with Crippen molar-refractivity contribution in [1.29, 1.82) is 0 Å². The lowest BCUT2D eigenvalue weighted by Gasteiger charge is -2.07. The third-order valence-electron chi connectivity index (χ3n) is 4.59. The van der Waals surface area contributed by atoms with Crippen LogP contribution in [0.1, 0.15) is 5.82 Å². The third kappa shape index (κ3) is 2.49. The minimum atomic E-state index is 0.791. The molecule has 124 valence electrons. The maximum atomic E-state index is 4.75. The molecule has 0 saturated heterocycles. The van der Waals surface area contributed by atoms with Gasteiger partial charge in [-0.1, -0.05) is 66.7 Å². The highest BCUT2D eigenvalue weighted by Crippen LogP contribution is 2.39. The standard InChI is InChI=1S/C23H16N2S/c1-15-24-20(16-8-3-2-4-9-16)14-21(25-15)19-12-7-11-18-17-10-5-6-13-22(17)26-23(18)19/h2-14H,1H3. The summed E-state index contributed by atoms with van der Waals surface area (Å²) in [5.74, 6) is 0.791. The van der Waals surface area contributed by atoms with Crippen LogP contribution in [0.3, 0.4) is 0 Å². The van der Waals surface area contributed by atoms with Gasteiger partial charge in [-0.15, -0.1) is 11.3 Å². The SMILES string of the molecule is Cc1nc(-c2ccccc2)cc(-c2cccc3c2sc2ccccc23)n1. The molecule has 5 aromatic rings. The number of rotatable bonds is 2. The molecule has 0 atom stereocenters. The summed E-state index contributed by atoms with van der Waals surface area (Å²) in [7, 11) is 0. The van der Waals surface area contributed by atoms with Gasteiger partial charge in [0.05, 0.1) is 11.4 Å². The Morgan fingerprint density at radius 3 is 2.31 bits per heavy atom. The summed E-state index contributed by atoms with van der Waals surface area (Å²) >= 11 is 1.83. The van der Waals surface area contributed by atoms with Crippen molar-refractivity contribution in [3.8, 4) is 22.5 Å². The molecule has 0 unspecified atom stereocenters. The topological polar surface area (TPSA) is 25.8 Å². The van der Waals surface area contributed by atoms with Gasteiger partial charge >= 0.3 is 0 Å². The van der Waals surface area contributed by atoms with Crippen LogP contribution in [0.5, 0.6) is 0 Å². The van der Waals surface area contributed by atoms with Gasteiger partial charge in [0.1, 0.15) is 5.82 Å². The number of fused-ring (bicyclic) bond motifs is 3. The Morgan fingerprint density at radius 1 is 0.692 bits per heavy atom. The van der Waals surface area contributed by atoms with E-state index in [1.54, 1.807) is 0 Å². The molecule has 0 amide bonds. The Bertz CT molecular complexity index is 1240. The molecule has 0 N–H and O–H groups in total. The van der Waals surface area contributed by atoms with Crippen molar-refractivity contribution >= 4 is 31.5 Å². The Labute approximate surface area is 155 Å². The molecule has 0 bridgehead atoms. The highest BCUT2D eigenvalue weighted by atomic mass is 32.1. The van der Waals surface area contributed by atoms with Crippen LogP contribution in [-0.2, 0) is 0 Å². The second-order valence-corrected chi connectivity index (χ2v) is 7.38. The van der Waals surface area contributed by atoms with E-state index in [0.29, 0.717) is 0 Å². The van der Waals surface area contributed by atoms with Crippen LogP contribution in [0, 0.1) is 6.92 Å². The zero-order valence-electron chi connectivity index (χ0n) is 14.3. The average molecular weight is 352 g/mol. The molecular formula is C23H16N2S. The van der Waals surface area contributed by atoms with E-state index in [-0.39, 0.29) is 0 Å². The van der Waals surface area contributed by atoms with Crippen LogP contribution in [0.15, 0.2) is 78.9 Å². The summed E-state index contributed by atoms with van der Waals surface area (Å²) in [6, 6.07) is 27.4. The molecular weight excluding hydrogens is 336 g/mol. The molecule has 0 fully saturated rings. The highest BCUT2D eigenvalue weighted by Gasteiger charge is 2.12. The predicted molar refractivity (Wildman–Crippen MR) is 111 cm³/mol. The highest BCUT2D eigenvalue weighted by molar-refractivity contribution is 7.26. The van der Waals surface area contributed by atoms with E-state index in [2.05, 4.69) is 65.6 Å². The Balaban J connectivity index is 1.77. The summed E-state index contributed by atoms with van der Waals surface area (Å²) in [6.45, 7) is 1.96. The fraction of sp³-hybridized carbons (Fsp3) is 0.0435. The molecule has 0 saturated carbocycles. The van der Waals surface area contributed by atoms with Gasteiger partial charge < -0.3 is 0 Å². The number of hydrogen-bond acceptors (Lipinski definition) is 3. The zero-order valence-corrected chi connectivity index (χ0v) is 15.1. The van der Waals surface area contributed by atoms with E-state index in [9.17, 15) is 0 Å². The molecule has 2 aromatic heterocycles. The molecule has 0 aliphatic carbocycles. The van der Waals surface area contributed by atoms with Gasteiger partial charge in [0.15, 0.2) is 0 Å². The van der Waals surface area contributed by atoms with Gasteiger partial charge in [0.2, 0.25) is 0 Å². The van der Waals surface area contributed by atoms with Crippen LogP contribution in [0.2, 0.25) is 0 Å². The van der Waals surface area contributed by atoms with Gasteiger partial charge in [0, 0.05) is 31.3 Å². The molecule has 2 heterocycles. The number of nitrogens with zero attached hydrogens (tertiary/aromatic N) is 2. The van der Waals surface area contributed by atoms with Crippen molar-refractivity contribution in [3.63, 3.8) is 0 Å². The predicted octanol–water partition coefficient (Wildman–Crippen LogP) is 6.49. The largest absolute Gasteiger partial charge is 0.233 e. The molecule has 26 heavy (non-hydrogen) atoms. The summed E-state index contributed by atoms with van der Waals surface area (Å²) in [6.07, 6.45) is 0. The molecule has 0 spiro atoms. The van der Waals surface area contributed by atoms with Crippen LogP contribution in [0.4, 0.5) is 0 Å². The smallest absolute Gasteiger partial charge is 0.126 e. The maximum absolute atomic E-state index is 4.75. The third-order valence-corrected chi connectivity index (χ3v) is 5.81. The van der Waals surface area contributed by atoms with Gasteiger partial charge in [-0.3, -0.25) is 0 Å². The second-order valence-electron chi connectivity index (χ2n) is 6.33. The first-order valence-corrected chi connectivity index (χ1v) is 9.43. The molecule has 0 radical (unpaired) electrons. The number of aryl methyl sites for hydroxylation is 1. The van der Waals surface area contributed by atoms with Crippen molar-refractivity contribution < 1.29 is 0 Å². The Kier molecular flexibility index (Phi) is 3.54. The Morgan fingerprint density at radius 2 is 1.42 bits per heavy atom. The maximum Gasteiger partial charge on any atom is 0.126 e. The van der Waals surface area contributed by atoms with E-state index in [1.165, 1.54) is 25.7 Å². The van der Waals surface area contributed by atoms with Crippen LogP contribution in [0.25, 0.3) is 42.7 Å². The van der Waals surface area contributed by atoms with E-state index >= 15 is 0 Å². The van der Waals surface area contributed by atoms with Crippen molar-refractivity contribution in [2.45, 2.75) is 6.92 Å². The van der Waals surface area contributed by atoms with Crippen LogP contribution >= 0.6 is 11.3 Å². The lowest BCUT2D eigenvalue weighted by Crippen LogP contribution is -1.94. The van der Waals surface area contributed by atoms with Crippen LogP contribution < -0.4 is 0 Å². The summed E-state index contributed by atoms with van der Waals surface area (Å²) in [5.41, 5.74) is 4.23. The van der Waals surface area contributed by atoms with Crippen molar-refractivity contribution in [2.24, 2.45) is 0 Å². The van der Waals surface area contributed by atoms with Crippen molar-refractivity contribution in [1.82, 2.24) is 9.97 Å². The lowest BCUT2D eigenvalue weighted by atomic mass is 10.0. The average Bonchev–Trinajstić information content (AvgIpc) is 3.07. The van der Waals surface area contributed by atoms with E-state index < -0.39 is 0 Å². The van der Waals surface area contributed by atoms with Gasteiger partial charge in [0.25, 0.3) is 0 Å². The minimum Gasteiger partial charge on any atom is -0.233 e. The normalized spacial score (nSPS) is 11.3. The van der Waals surface area contributed by atoms with E-state index in [1.807, 2.05) is 36.5 Å². The number of thiophene rings is 1. The Hall–Kier alpha value is -3.04. The number of benzene rings is 3. The number of hydrogen-bond donors (Lipinski definition) is 0. The van der Waals surface area contributed by atoms with E-state index in [4.69, 9.17) is 4.98 Å².